The van der Waals surface area contributed by atoms with Crippen LogP contribution in [0.4, 0.5) is 0 Å². The zero-order chi connectivity index (χ0) is 7.94. The molecule has 0 saturated carbocycles. The first-order valence-corrected chi connectivity index (χ1v) is 4.72. The van der Waals surface area contributed by atoms with Crippen molar-refractivity contribution < 1.29 is 5.11 Å². The van der Waals surface area contributed by atoms with E-state index in [-0.39, 0.29) is 6.10 Å². The van der Waals surface area contributed by atoms with Crippen molar-refractivity contribution in [2.45, 2.75) is 51.0 Å². The van der Waals surface area contributed by atoms with Gasteiger partial charge in [0, 0.05) is 0 Å². The molecule has 0 bridgehead atoms. The van der Waals surface area contributed by atoms with Crippen molar-refractivity contribution in [2.24, 2.45) is 0 Å². The fraction of sp³-hybridized carbons (Fsp3) is 0.800. The molecule has 1 atom stereocenters. The van der Waals surface area contributed by atoms with Gasteiger partial charge in [-0.3, -0.25) is 0 Å². The highest BCUT2D eigenvalue weighted by atomic mass is 16.3. The summed E-state index contributed by atoms with van der Waals surface area (Å²) >= 11 is 0. The average Bonchev–Trinajstić information content (AvgIpc) is 2.03. The van der Waals surface area contributed by atoms with E-state index >= 15 is 0 Å². The van der Waals surface area contributed by atoms with Gasteiger partial charge in [-0.2, -0.15) is 0 Å². The molecule has 1 nitrogen and oxygen atoms in total. The van der Waals surface area contributed by atoms with Crippen molar-refractivity contribution in [3.63, 3.8) is 0 Å². The molecule has 1 heteroatoms. The number of aliphatic hydroxyl groups excluding tert-OH is 1. The maximum absolute atomic E-state index is 9.41. The lowest BCUT2D eigenvalue weighted by Crippen LogP contribution is -2.05. The van der Waals surface area contributed by atoms with Crippen molar-refractivity contribution in [1.82, 2.24) is 0 Å². The smallest absolute Gasteiger partial charge is 0.0540 e. The number of rotatable bonds is 0. The Kier molecular flexibility index (Phi) is 4.29. The van der Waals surface area contributed by atoms with Crippen molar-refractivity contribution in [3.8, 4) is 0 Å². The number of hydrogen-bond acceptors (Lipinski definition) is 1. The van der Waals surface area contributed by atoms with E-state index in [0.29, 0.717) is 0 Å². The van der Waals surface area contributed by atoms with Crippen LogP contribution in [-0.2, 0) is 0 Å². The maximum Gasteiger partial charge on any atom is 0.0540 e. The van der Waals surface area contributed by atoms with Gasteiger partial charge < -0.3 is 5.11 Å². The summed E-state index contributed by atoms with van der Waals surface area (Å²) in [5.41, 5.74) is 0. The van der Waals surface area contributed by atoms with Crippen molar-refractivity contribution >= 4 is 0 Å². The van der Waals surface area contributed by atoms with Crippen LogP contribution in [0.2, 0.25) is 0 Å². The van der Waals surface area contributed by atoms with Gasteiger partial charge in [0.25, 0.3) is 0 Å². The number of hydrogen-bond donors (Lipinski definition) is 1. The van der Waals surface area contributed by atoms with E-state index in [0.717, 1.165) is 25.7 Å². The normalized spacial score (nSPS) is 28.3. The Labute approximate surface area is 69.1 Å². The number of allylic oxidation sites excluding steroid dienone is 2. The first-order chi connectivity index (χ1) is 5.39. The molecule has 0 spiro atoms. The van der Waals surface area contributed by atoms with Crippen LogP contribution in [0.5, 0.6) is 0 Å². The van der Waals surface area contributed by atoms with Crippen molar-refractivity contribution in [1.29, 1.82) is 0 Å². The van der Waals surface area contributed by atoms with E-state index in [1.165, 1.54) is 19.3 Å². The quantitative estimate of drug-likeness (QED) is 0.532. The minimum atomic E-state index is -0.0264. The SMILES string of the molecule is O[C@@H]1CCCC=CCCCC1. The van der Waals surface area contributed by atoms with E-state index in [1.807, 2.05) is 0 Å². The van der Waals surface area contributed by atoms with Crippen molar-refractivity contribution in [3.05, 3.63) is 12.2 Å². The predicted molar refractivity (Wildman–Crippen MR) is 47.5 cm³/mol. The summed E-state index contributed by atoms with van der Waals surface area (Å²) in [6.07, 6.45) is 12.4. The Morgan fingerprint density at radius 1 is 0.909 bits per heavy atom. The van der Waals surface area contributed by atoms with Crippen LogP contribution in [0, 0.1) is 0 Å². The van der Waals surface area contributed by atoms with Crippen LogP contribution in [-0.4, -0.2) is 11.2 Å². The van der Waals surface area contributed by atoms with E-state index < -0.39 is 0 Å². The Balaban J connectivity index is 2.23. The molecule has 0 aromatic heterocycles. The first-order valence-electron chi connectivity index (χ1n) is 4.72. The fourth-order valence-electron chi connectivity index (χ4n) is 1.49. The van der Waals surface area contributed by atoms with Gasteiger partial charge in [-0.25, -0.2) is 0 Å². The second-order valence-electron chi connectivity index (χ2n) is 3.34. The van der Waals surface area contributed by atoms with Gasteiger partial charge in [-0.1, -0.05) is 18.6 Å². The summed E-state index contributed by atoms with van der Waals surface area (Å²) in [6, 6.07) is 0. The second kappa shape index (κ2) is 5.36. The summed E-state index contributed by atoms with van der Waals surface area (Å²) in [5, 5.41) is 9.41. The molecular formula is C10H18O. The van der Waals surface area contributed by atoms with Gasteiger partial charge in [0.1, 0.15) is 0 Å². The van der Waals surface area contributed by atoms with Crippen LogP contribution >= 0.6 is 0 Å². The first kappa shape index (κ1) is 8.79. The summed E-state index contributed by atoms with van der Waals surface area (Å²) in [6.45, 7) is 0. The van der Waals surface area contributed by atoms with Gasteiger partial charge in [0.05, 0.1) is 6.10 Å². The molecular weight excluding hydrogens is 136 g/mol. The van der Waals surface area contributed by atoms with E-state index in [4.69, 9.17) is 0 Å². The highest BCUT2D eigenvalue weighted by molar-refractivity contribution is 4.82. The van der Waals surface area contributed by atoms with Gasteiger partial charge in [0.2, 0.25) is 0 Å². The van der Waals surface area contributed by atoms with Gasteiger partial charge in [-0.15, -0.1) is 0 Å². The molecule has 1 N–H and O–H groups in total. The summed E-state index contributed by atoms with van der Waals surface area (Å²) in [7, 11) is 0. The molecule has 0 amide bonds. The minimum Gasteiger partial charge on any atom is -0.393 e. The molecule has 0 aliphatic heterocycles. The Hall–Kier alpha value is -0.300. The molecule has 1 aliphatic rings. The Morgan fingerprint density at radius 3 is 2.36 bits per heavy atom. The third-order valence-electron chi connectivity index (χ3n) is 2.23. The molecule has 11 heavy (non-hydrogen) atoms. The van der Waals surface area contributed by atoms with Crippen LogP contribution in [0.15, 0.2) is 12.2 Å². The van der Waals surface area contributed by atoms with Gasteiger partial charge >= 0.3 is 0 Å². The molecule has 1 rings (SSSR count). The molecule has 0 heterocycles. The third-order valence-corrected chi connectivity index (χ3v) is 2.23. The second-order valence-corrected chi connectivity index (χ2v) is 3.34. The molecule has 0 unspecified atom stereocenters. The van der Waals surface area contributed by atoms with Crippen molar-refractivity contribution in [2.75, 3.05) is 0 Å². The standard InChI is InChI=1S/C10H18O/c11-10-8-6-4-2-1-3-5-7-9-10/h1-2,10-11H,3-9H2/t10-/m1/s1. The lowest BCUT2D eigenvalue weighted by Gasteiger charge is -2.09. The minimum absolute atomic E-state index is 0.0264. The van der Waals surface area contributed by atoms with Crippen LogP contribution in [0.1, 0.15) is 44.9 Å². The fourth-order valence-corrected chi connectivity index (χ4v) is 1.49. The Morgan fingerprint density at radius 2 is 1.55 bits per heavy atom. The molecule has 0 aromatic carbocycles. The molecule has 0 saturated heterocycles. The summed E-state index contributed by atoms with van der Waals surface area (Å²) in [4.78, 5) is 0. The summed E-state index contributed by atoms with van der Waals surface area (Å²) < 4.78 is 0. The molecule has 0 aromatic rings. The molecule has 0 fully saturated rings. The highest BCUT2D eigenvalue weighted by Gasteiger charge is 2.03. The molecule has 0 radical (unpaired) electrons. The average molecular weight is 154 g/mol. The van der Waals surface area contributed by atoms with E-state index in [2.05, 4.69) is 12.2 Å². The van der Waals surface area contributed by atoms with Crippen LogP contribution < -0.4 is 0 Å². The molecule has 1 aliphatic carbocycles. The van der Waals surface area contributed by atoms with Crippen LogP contribution in [0.3, 0.4) is 0 Å². The molecule has 64 valence electrons. The third kappa shape index (κ3) is 4.20. The predicted octanol–water partition coefficient (Wildman–Crippen LogP) is 2.65. The van der Waals surface area contributed by atoms with Gasteiger partial charge in [-0.05, 0) is 38.5 Å². The maximum atomic E-state index is 9.41. The lowest BCUT2D eigenvalue weighted by molar-refractivity contribution is 0.148. The number of aliphatic hydroxyl groups is 1. The largest absolute Gasteiger partial charge is 0.393 e. The van der Waals surface area contributed by atoms with Crippen LogP contribution in [0.25, 0.3) is 0 Å². The van der Waals surface area contributed by atoms with E-state index in [1.54, 1.807) is 0 Å². The lowest BCUT2D eigenvalue weighted by atomic mass is 10.0. The van der Waals surface area contributed by atoms with E-state index in [9.17, 15) is 5.11 Å². The topological polar surface area (TPSA) is 20.2 Å². The van der Waals surface area contributed by atoms with Gasteiger partial charge in [0.15, 0.2) is 0 Å². The summed E-state index contributed by atoms with van der Waals surface area (Å²) in [5.74, 6) is 0. The Bertz CT molecular complexity index is 118. The monoisotopic (exact) mass is 154 g/mol. The zero-order valence-electron chi connectivity index (χ0n) is 7.13. The zero-order valence-corrected chi connectivity index (χ0v) is 7.13. The highest BCUT2D eigenvalue weighted by Crippen LogP contribution is 2.12.